The quantitative estimate of drug-likeness (QED) is 0.765. The van der Waals surface area contributed by atoms with Gasteiger partial charge in [0.05, 0.1) is 0 Å². The van der Waals surface area contributed by atoms with Crippen LogP contribution in [-0.4, -0.2) is 31.6 Å². The van der Waals surface area contributed by atoms with Gasteiger partial charge in [-0.25, -0.2) is 0 Å². The van der Waals surface area contributed by atoms with E-state index in [1.807, 2.05) is 0 Å². The predicted octanol–water partition coefficient (Wildman–Crippen LogP) is 4.37. The van der Waals surface area contributed by atoms with Crippen molar-refractivity contribution in [1.82, 2.24) is 10.2 Å². The number of unbranched alkanes of at least 4 members (excludes halogenated alkanes) is 1. The number of hydrogen-bond acceptors (Lipinski definition) is 2. The third-order valence-corrected chi connectivity index (χ3v) is 4.24. The summed E-state index contributed by atoms with van der Waals surface area (Å²) in [6.07, 6.45) is 2.55. The molecule has 0 aromatic heterocycles. The standard InChI is InChI=1S/C19H34N2/c1-7-9-14-21(8-2)15-18(20-6)16-10-12-17(13-11-16)19(3,4)5/h10-13,18,20H,7-9,14-15H2,1-6H3. The van der Waals surface area contributed by atoms with Crippen molar-refractivity contribution in [1.29, 1.82) is 0 Å². The van der Waals surface area contributed by atoms with Gasteiger partial charge < -0.3 is 10.2 Å². The van der Waals surface area contributed by atoms with E-state index in [1.54, 1.807) is 0 Å². The highest BCUT2D eigenvalue weighted by Crippen LogP contribution is 2.24. The molecule has 0 saturated carbocycles. The van der Waals surface area contributed by atoms with Crippen LogP contribution in [0.25, 0.3) is 0 Å². The van der Waals surface area contributed by atoms with E-state index in [4.69, 9.17) is 0 Å². The molecule has 1 aromatic rings. The second-order valence-corrected chi connectivity index (χ2v) is 6.96. The van der Waals surface area contributed by atoms with E-state index in [0.717, 1.165) is 13.1 Å². The predicted molar refractivity (Wildman–Crippen MR) is 94.0 cm³/mol. The largest absolute Gasteiger partial charge is 0.312 e. The lowest BCUT2D eigenvalue weighted by Gasteiger charge is -2.27. The minimum absolute atomic E-state index is 0.226. The van der Waals surface area contributed by atoms with E-state index in [0.29, 0.717) is 6.04 Å². The van der Waals surface area contributed by atoms with Gasteiger partial charge in [0, 0.05) is 12.6 Å². The summed E-state index contributed by atoms with van der Waals surface area (Å²) in [5.74, 6) is 0. The number of hydrogen-bond donors (Lipinski definition) is 1. The van der Waals surface area contributed by atoms with Crippen molar-refractivity contribution >= 4 is 0 Å². The smallest absolute Gasteiger partial charge is 0.0446 e. The second-order valence-electron chi connectivity index (χ2n) is 6.96. The molecule has 1 atom stereocenters. The van der Waals surface area contributed by atoms with Gasteiger partial charge in [0.2, 0.25) is 0 Å². The molecule has 0 saturated heterocycles. The first-order valence-electron chi connectivity index (χ1n) is 8.42. The molecule has 21 heavy (non-hydrogen) atoms. The maximum atomic E-state index is 3.48. The van der Waals surface area contributed by atoms with E-state index in [-0.39, 0.29) is 5.41 Å². The molecule has 120 valence electrons. The van der Waals surface area contributed by atoms with E-state index >= 15 is 0 Å². The summed E-state index contributed by atoms with van der Waals surface area (Å²) in [6, 6.07) is 9.55. The summed E-state index contributed by atoms with van der Waals surface area (Å²) in [5, 5.41) is 3.48. The van der Waals surface area contributed by atoms with Crippen LogP contribution in [0.4, 0.5) is 0 Å². The number of benzene rings is 1. The minimum atomic E-state index is 0.226. The minimum Gasteiger partial charge on any atom is -0.312 e. The second kappa shape index (κ2) is 8.55. The lowest BCUT2D eigenvalue weighted by molar-refractivity contribution is 0.254. The highest BCUT2D eigenvalue weighted by atomic mass is 15.1. The molecule has 0 fully saturated rings. The fraction of sp³-hybridized carbons (Fsp3) is 0.684. The molecule has 1 aromatic carbocycles. The van der Waals surface area contributed by atoms with Gasteiger partial charge in [0.1, 0.15) is 0 Å². The zero-order valence-electron chi connectivity index (χ0n) is 14.9. The van der Waals surface area contributed by atoms with Crippen LogP contribution in [0, 0.1) is 0 Å². The van der Waals surface area contributed by atoms with Gasteiger partial charge in [0.15, 0.2) is 0 Å². The zero-order chi connectivity index (χ0) is 15.9. The average molecular weight is 290 g/mol. The van der Waals surface area contributed by atoms with Crippen LogP contribution >= 0.6 is 0 Å². The summed E-state index contributed by atoms with van der Waals surface area (Å²) in [5.41, 5.74) is 3.02. The van der Waals surface area contributed by atoms with Gasteiger partial charge in [-0.1, -0.05) is 65.3 Å². The summed E-state index contributed by atoms with van der Waals surface area (Å²) in [6.45, 7) is 14.7. The SMILES string of the molecule is CCCCN(CC)CC(NC)c1ccc(C(C)(C)C)cc1. The Balaban J connectivity index is 2.75. The Morgan fingerprint density at radius 3 is 2.14 bits per heavy atom. The summed E-state index contributed by atoms with van der Waals surface area (Å²) >= 11 is 0. The Morgan fingerprint density at radius 1 is 1.10 bits per heavy atom. The van der Waals surface area contributed by atoms with E-state index in [9.17, 15) is 0 Å². The molecule has 1 unspecified atom stereocenters. The molecule has 0 spiro atoms. The molecule has 1 rings (SSSR count). The van der Waals surface area contributed by atoms with Crippen molar-refractivity contribution in [2.24, 2.45) is 0 Å². The van der Waals surface area contributed by atoms with E-state index in [2.05, 4.69) is 76.1 Å². The summed E-state index contributed by atoms with van der Waals surface area (Å²) in [4.78, 5) is 2.54. The van der Waals surface area contributed by atoms with E-state index < -0.39 is 0 Å². The van der Waals surface area contributed by atoms with Gasteiger partial charge in [-0.15, -0.1) is 0 Å². The normalized spacial score (nSPS) is 13.7. The lowest BCUT2D eigenvalue weighted by Crippen LogP contribution is -2.34. The Kier molecular flexibility index (Phi) is 7.41. The van der Waals surface area contributed by atoms with Gasteiger partial charge in [0.25, 0.3) is 0 Å². The highest BCUT2D eigenvalue weighted by molar-refractivity contribution is 5.29. The van der Waals surface area contributed by atoms with Crippen molar-refractivity contribution in [2.45, 2.75) is 58.9 Å². The van der Waals surface area contributed by atoms with Gasteiger partial charge in [-0.2, -0.15) is 0 Å². The average Bonchev–Trinajstić information content (AvgIpc) is 2.47. The van der Waals surface area contributed by atoms with Crippen molar-refractivity contribution in [2.75, 3.05) is 26.7 Å². The first-order valence-corrected chi connectivity index (χ1v) is 8.42. The van der Waals surface area contributed by atoms with Crippen LogP contribution in [-0.2, 0) is 5.41 Å². The number of rotatable bonds is 8. The van der Waals surface area contributed by atoms with Gasteiger partial charge in [-0.05, 0) is 43.1 Å². The van der Waals surface area contributed by atoms with Crippen LogP contribution in [0.5, 0.6) is 0 Å². The Morgan fingerprint density at radius 2 is 1.71 bits per heavy atom. The van der Waals surface area contributed by atoms with Crippen molar-refractivity contribution in [3.8, 4) is 0 Å². The maximum Gasteiger partial charge on any atom is 0.0446 e. The van der Waals surface area contributed by atoms with Crippen molar-refractivity contribution in [3.05, 3.63) is 35.4 Å². The molecule has 2 nitrogen and oxygen atoms in total. The Bertz CT molecular complexity index is 389. The van der Waals surface area contributed by atoms with Gasteiger partial charge >= 0.3 is 0 Å². The third kappa shape index (κ3) is 5.80. The molecule has 0 aliphatic rings. The lowest BCUT2D eigenvalue weighted by atomic mass is 9.86. The number of likely N-dealkylation sites (N-methyl/N-ethyl adjacent to an activating group) is 2. The van der Waals surface area contributed by atoms with Crippen molar-refractivity contribution < 1.29 is 0 Å². The van der Waals surface area contributed by atoms with Crippen LogP contribution in [0.3, 0.4) is 0 Å². The fourth-order valence-electron chi connectivity index (χ4n) is 2.60. The Hall–Kier alpha value is -0.860. The fourth-order valence-corrected chi connectivity index (χ4v) is 2.60. The van der Waals surface area contributed by atoms with Crippen molar-refractivity contribution in [3.63, 3.8) is 0 Å². The molecule has 0 aliphatic carbocycles. The first kappa shape index (κ1) is 18.2. The molecule has 0 aliphatic heterocycles. The molecule has 2 heteroatoms. The highest BCUT2D eigenvalue weighted by Gasteiger charge is 2.16. The molecule has 0 amide bonds. The topological polar surface area (TPSA) is 15.3 Å². The maximum absolute atomic E-state index is 3.48. The van der Waals surface area contributed by atoms with Crippen LogP contribution in [0.1, 0.15) is 64.6 Å². The number of nitrogens with one attached hydrogen (secondary N) is 1. The number of nitrogens with zero attached hydrogens (tertiary/aromatic N) is 1. The first-order chi connectivity index (χ1) is 9.92. The molecule has 0 bridgehead atoms. The zero-order valence-corrected chi connectivity index (χ0v) is 14.9. The monoisotopic (exact) mass is 290 g/mol. The third-order valence-electron chi connectivity index (χ3n) is 4.24. The molecule has 0 radical (unpaired) electrons. The van der Waals surface area contributed by atoms with Crippen LogP contribution < -0.4 is 5.32 Å². The molecule has 0 heterocycles. The molecule has 1 N–H and O–H groups in total. The van der Waals surface area contributed by atoms with Crippen LogP contribution in [0.15, 0.2) is 24.3 Å². The van der Waals surface area contributed by atoms with Crippen LogP contribution in [0.2, 0.25) is 0 Å². The van der Waals surface area contributed by atoms with E-state index in [1.165, 1.54) is 30.5 Å². The van der Waals surface area contributed by atoms with Gasteiger partial charge in [-0.3, -0.25) is 0 Å². The molecular weight excluding hydrogens is 256 g/mol. The summed E-state index contributed by atoms with van der Waals surface area (Å²) in [7, 11) is 2.07. The summed E-state index contributed by atoms with van der Waals surface area (Å²) < 4.78 is 0. The molecular formula is C19H34N2. The Labute approximate surface area is 131 Å².